The van der Waals surface area contributed by atoms with Crippen molar-refractivity contribution in [2.45, 2.75) is 64.4 Å². The summed E-state index contributed by atoms with van der Waals surface area (Å²) in [5.74, 6) is 0.859. The third-order valence-corrected chi connectivity index (χ3v) is 6.32. The van der Waals surface area contributed by atoms with Crippen LogP contribution in [0.5, 0.6) is 0 Å². The molecule has 0 radical (unpaired) electrons. The molecule has 7 heteroatoms. The number of aliphatic imine (C=N–C) groups is 1. The van der Waals surface area contributed by atoms with E-state index in [4.69, 9.17) is 0 Å². The quantitative estimate of drug-likeness (QED) is 0.315. The molecule has 0 unspecified atom stereocenters. The van der Waals surface area contributed by atoms with E-state index in [-0.39, 0.29) is 5.75 Å². The zero-order valence-electron chi connectivity index (χ0n) is 18.1. The van der Waals surface area contributed by atoms with E-state index < -0.39 is 9.84 Å². The molecule has 0 aliphatic heterocycles. The Morgan fingerprint density at radius 2 is 1.68 bits per heavy atom. The average molecular weight is 411 g/mol. The number of nitrogens with zero attached hydrogens (tertiary/aromatic N) is 2. The fraction of sp³-hybridized carbons (Fsp3) is 0.667. The van der Waals surface area contributed by atoms with E-state index in [0.29, 0.717) is 29.9 Å². The molecule has 1 aromatic carbocycles. The van der Waals surface area contributed by atoms with Crippen LogP contribution in [0.1, 0.15) is 47.5 Å². The van der Waals surface area contributed by atoms with Crippen molar-refractivity contribution in [2.75, 3.05) is 31.9 Å². The number of hydrogen-bond donors (Lipinski definition) is 2. The average Bonchev–Trinajstić information content (AvgIpc) is 2.65. The Balaban J connectivity index is 2.43. The van der Waals surface area contributed by atoms with Gasteiger partial charge in [-0.3, -0.25) is 9.89 Å². The van der Waals surface area contributed by atoms with Gasteiger partial charge in [-0.2, -0.15) is 0 Å². The van der Waals surface area contributed by atoms with Crippen molar-refractivity contribution in [3.05, 3.63) is 30.3 Å². The SMILES string of the molecule is CCNC(=NCCCS(=O)(=O)c1ccccc1)NCCCN(C(C)C)C(C)C. The molecule has 6 nitrogen and oxygen atoms in total. The van der Waals surface area contributed by atoms with Crippen LogP contribution in [0.25, 0.3) is 0 Å². The Hall–Kier alpha value is -1.60. The van der Waals surface area contributed by atoms with Gasteiger partial charge in [0.25, 0.3) is 0 Å². The summed E-state index contributed by atoms with van der Waals surface area (Å²) in [6, 6.07) is 9.67. The summed E-state index contributed by atoms with van der Waals surface area (Å²) in [7, 11) is -3.23. The molecule has 28 heavy (non-hydrogen) atoms. The van der Waals surface area contributed by atoms with Crippen LogP contribution < -0.4 is 10.6 Å². The van der Waals surface area contributed by atoms with E-state index in [2.05, 4.69) is 48.2 Å². The predicted molar refractivity (Wildman–Crippen MR) is 119 cm³/mol. The first-order valence-corrected chi connectivity index (χ1v) is 12.0. The largest absolute Gasteiger partial charge is 0.357 e. The van der Waals surface area contributed by atoms with Gasteiger partial charge in [0.15, 0.2) is 15.8 Å². The van der Waals surface area contributed by atoms with Gasteiger partial charge < -0.3 is 10.6 Å². The third-order valence-electron chi connectivity index (χ3n) is 4.50. The molecule has 0 amide bonds. The fourth-order valence-electron chi connectivity index (χ4n) is 3.11. The number of guanidine groups is 1. The summed E-state index contributed by atoms with van der Waals surface area (Å²) >= 11 is 0. The molecular weight excluding hydrogens is 372 g/mol. The van der Waals surface area contributed by atoms with Crippen LogP contribution in [0.4, 0.5) is 0 Å². The number of sulfone groups is 1. The summed E-state index contributed by atoms with van der Waals surface area (Å²) in [6.07, 6.45) is 1.53. The van der Waals surface area contributed by atoms with Gasteiger partial charge in [0.2, 0.25) is 0 Å². The molecule has 0 aliphatic rings. The van der Waals surface area contributed by atoms with Crippen molar-refractivity contribution in [1.29, 1.82) is 0 Å². The van der Waals surface area contributed by atoms with Crippen molar-refractivity contribution in [3.63, 3.8) is 0 Å². The monoisotopic (exact) mass is 410 g/mol. The first-order chi connectivity index (χ1) is 13.3. The predicted octanol–water partition coefficient (Wildman–Crippen LogP) is 2.91. The minimum atomic E-state index is -3.23. The second kappa shape index (κ2) is 12.8. The standard InChI is InChI=1S/C21H38N4O2S/c1-6-22-21(23-14-10-16-25(18(2)3)19(4)5)24-15-11-17-28(26,27)20-12-8-7-9-13-20/h7-9,12-13,18-19H,6,10-11,14-17H2,1-5H3,(H2,22,23,24). The molecule has 0 aliphatic carbocycles. The lowest BCUT2D eigenvalue weighted by Gasteiger charge is -2.30. The third kappa shape index (κ3) is 9.06. The van der Waals surface area contributed by atoms with Crippen LogP contribution in [0.15, 0.2) is 40.2 Å². The normalized spacial score (nSPS) is 12.8. The first kappa shape index (κ1) is 24.4. The summed E-state index contributed by atoms with van der Waals surface area (Å²) in [5.41, 5.74) is 0. The van der Waals surface area contributed by atoms with Crippen LogP contribution in [0.3, 0.4) is 0 Å². The van der Waals surface area contributed by atoms with Crippen LogP contribution in [0.2, 0.25) is 0 Å². The summed E-state index contributed by atoms with van der Waals surface area (Å²) < 4.78 is 24.6. The van der Waals surface area contributed by atoms with Crippen molar-refractivity contribution < 1.29 is 8.42 Å². The maximum absolute atomic E-state index is 12.3. The van der Waals surface area contributed by atoms with Crippen molar-refractivity contribution in [3.8, 4) is 0 Å². The highest BCUT2D eigenvalue weighted by Crippen LogP contribution is 2.11. The molecule has 0 saturated carbocycles. The molecule has 0 saturated heterocycles. The van der Waals surface area contributed by atoms with Crippen molar-refractivity contribution >= 4 is 15.8 Å². The molecule has 0 bridgehead atoms. The number of benzene rings is 1. The minimum absolute atomic E-state index is 0.109. The molecule has 1 aromatic rings. The second-order valence-electron chi connectivity index (χ2n) is 7.45. The zero-order valence-corrected chi connectivity index (χ0v) is 18.9. The van der Waals surface area contributed by atoms with Crippen molar-refractivity contribution in [2.24, 2.45) is 4.99 Å². The Morgan fingerprint density at radius 3 is 2.25 bits per heavy atom. The van der Waals surface area contributed by atoms with Gasteiger partial charge in [-0.1, -0.05) is 18.2 Å². The highest BCUT2D eigenvalue weighted by molar-refractivity contribution is 7.91. The van der Waals surface area contributed by atoms with Gasteiger partial charge in [-0.15, -0.1) is 0 Å². The number of rotatable bonds is 12. The molecule has 0 spiro atoms. The Labute approximate surface area is 171 Å². The Kier molecular flexibility index (Phi) is 11.2. The molecule has 0 fully saturated rings. The lowest BCUT2D eigenvalue weighted by Crippen LogP contribution is -2.41. The molecule has 0 aromatic heterocycles. The summed E-state index contributed by atoms with van der Waals surface area (Å²) in [4.78, 5) is 7.36. The van der Waals surface area contributed by atoms with Gasteiger partial charge in [0.1, 0.15) is 0 Å². The highest BCUT2D eigenvalue weighted by atomic mass is 32.2. The molecular formula is C21H38N4O2S. The van der Waals surface area contributed by atoms with Gasteiger partial charge in [-0.25, -0.2) is 8.42 Å². The van der Waals surface area contributed by atoms with Crippen LogP contribution in [-0.2, 0) is 9.84 Å². The van der Waals surface area contributed by atoms with E-state index in [1.807, 2.05) is 13.0 Å². The van der Waals surface area contributed by atoms with Crippen molar-refractivity contribution in [1.82, 2.24) is 15.5 Å². The molecule has 0 atom stereocenters. The van der Waals surface area contributed by atoms with E-state index in [1.54, 1.807) is 24.3 Å². The van der Waals surface area contributed by atoms with E-state index in [9.17, 15) is 8.42 Å². The van der Waals surface area contributed by atoms with Crippen LogP contribution in [-0.4, -0.2) is 63.3 Å². The Bertz CT molecular complexity index is 665. The van der Waals surface area contributed by atoms with Gasteiger partial charge in [0.05, 0.1) is 10.6 Å². The summed E-state index contributed by atoms with van der Waals surface area (Å²) in [6.45, 7) is 14.1. The maximum Gasteiger partial charge on any atom is 0.191 e. The second-order valence-corrected chi connectivity index (χ2v) is 9.56. The maximum atomic E-state index is 12.3. The van der Waals surface area contributed by atoms with Crippen LogP contribution in [0, 0.1) is 0 Å². The first-order valence-electron chi connectivity index (χ1n) is 10.3. The number of nitrogens with one attached hydrogen (secondary N) is 2. The smallest absolute Gasteiger partial charge is 0.191 e. The van der Waals surface area contributed by atoms with E-state index >= 15 is 0 Å². The lowest BCUT2D eigenvalue weighted by atomic mass is 10.2. The molecule has 1 rings (SSSR count). The van der Waals surface area contributed by atoms with E-state index in [1.165, 1.54) is 0 Å². The highest BCUT2D eigenvalue weighted by Gasteiger charge is 2.13. The zero-order chi connectivity index (χ0) is 21.0. The van der Waals surface area contributed by atoms with Gasteiger partial charge >= 0.3 is 0 Å². The minimum Gasteiger partial charge on any atom is -0.357 e. The van der Waals surface area contributed by atoms with Crippen LogP contribution >= 0.6 is 0 Å². The van der Waals surface area contributed by atoms with Gasteiger partial charge in [0, 0.05) is 38.3 Å². The van der Waals surface area contributed by atoms with Gasteiger partial charge in [-0.05, 0) is 59.6 Å². The molecule has 0 heterocycles. The lowest BCUT2D eigenvalue weighted by molar-refractivity contribution is 0.173. The topological polar surface area (TPSA) is 73.8 Å². The molecule has 2 N–H and O–H groups in total. The summed E-state index contributed by atoms with van der Waals surface area (Å²) in [5, 5.41) is 6.57. The van der Waals surface area contributed by atoms with E-state index in [0.717, 1.165) is 32.0 Å². The number of hydrogen-bond acceptors (Lipinski definition) is 4. The Morgan fingerprint density at radius 1 is 1.04 bits per heavy atom. The molecule has 160 valence electrons. The fourth-order valence-corrected chi connectivity index (χ4v) is 4.43.